The summed E-state index contributed by atoms with van der Waals surface area (Å²) in [6, 6.07) is 6.43. The molecule has 2 rings (SSSR count). The molecule has 5 heteroatoms. The van der Waals surface area contributed by atoms with Crippen molar-refractivity contribution in [2.75, 3.05) is 25.5 Å². The SMILES string of the molecule is CN(CCNc1cccc(Cl)c1C(N)=S)C1CCCC1. The first kappa shape index (κ1) is 15.5. The summed E-state index contributed by atoms with van der Waals surface area (Å²) in [5, 5.41) is 4.00. The van der Waals surface area contributed by atoms with Gasteiger partial charge in [-0.3, -0.25) is 0 Å². The van der Waals surface area contributed by atoms with Crippen molar-refractivity contribution in [2.24, 2.45) is 5.73 Å². The summed E-state index contributed by atoms with van der Waals surface area (Å²) in [5.74, 6) is 0. The summed E-state index contributed by atoms with van der Waals surface area (Å²) in [6.07, 6.45) is 5.38. The quantitative estimate of drug-likeness (QED) is 0.791. The zero-order chi connectivity index (χ0) is 14.5. The van der Waals surface area contributed by atoms with Gasteiger partial charge in [0.2, 0.25) is 0 Å². The Balaban J connectivity index is 1.90. The van der Waals surface area contributed by atoms with Crippen LogP contribution in [0.15, 0.2) is 18.2 Å². The minimum Gasteiger partial charge on any atom is -0.389 e. The number of hydrogen-bond donors (Lipinski definition) is 2. The number of thiocarbonyl (C=S) groups is 1. The van der Waals surface area contributed by atoms with Gasteiger partial charge in [-0.1, -0.05) is 42.7 Å². The van der Waals surface area contributed by atoms with Crippen LogP contribution in [0.25, 0.3) is 0 Å². The van der Waals surface area contributed by atoms with Crippen molar-refractivity contribution in [2.45, 2.75) is 31.7 Å². The number of nitrogens with two attached hydrogens (primary N) is 1. The van der Waals surface area contributed by atoms with Crippen LogP contribution in [0.2, 0.25) is 5.02 Å². The van der Waals surface area contributed by atoms with Crippen molar-refractivity contribution in [3.8, 4) is 0 Å². The number of benzene rings is 1. The lowest BCUT2D eigenvalue weighted by Gasteiger charge is -2.24. The van der Waals surface area contributed by atoms with Crippen LogP contribution in [0.3, 0.4) is 0 Å². The molecule has 0 atom stereocenters. The Morgan fingerprint density at radius 1 is 1.45 bits per heavy atom. The molecule has 0 aromatic heterocycles. The van der Waals surface area contributed by atoms with Gasteiger partial charge < -0.3 is 16.0 Å². The van der Waals surface area contributed by atoms with Crippen molar-refractivity contribution in [3.05, 3.63) is 28.8 Å². The Morgan fingerprint density at radius 3 is 2.80 bits per heavy atom. The third-order valence-electron chi connectivity index (χ3n) is 3.99. The monoisotopic (exact) mass is 311 g/mol. The predicted molar refractivity (Wildman–Crippen MR) is 90.7 cm³/mol. The number of nitrogens with one attached hydrogen (secondary N) is 1. The summed E-state index contributed by atoms with van der Waals surface area (Å²) >= 11 is 11.2. The molecule has 0 saturated heterocycles. The normalized spacial score (nSPS) is 15.8. The third kappa shape index (κ3) is 3.84. The van der Waals surface area contributed by atoms with E-state index < -0.39 is 0 Å². The molecule has 0 bridgehead atoms. The Morgan fingerprint density at radius 2 is 2.15 bits per heavy atom. The number of nitrogens with zero attached hydrogens (tertiary/aromatic N) is 1. The molecule has 1 aromatic carbocycles. The zero-order valence-electron chi connectivity index (χ0n) is 11.9. The molecule has 1 aliphatic carbocycles. The molecule has 1 saturated carbocycles. The molecule has 20 heavy (non-hydrogen) atoms. The van der Waals surface area contributed by atoms with E-state index in [4.69, 9.17) is 29.6 Å². The third-order valence-corrected chi connectivity index (χ3v) is 4.51. The van der Waals surface area contributed by atoms with Gasteiger partial charge >= 0.3 is 0 Å². The molecule has 1 aromatic rings. The zero-order valence-corrected chi connectivity index (χ0v) is 13.4. The Hall–Kier alpha value is -0.840. The maximum Gasteiger partial charge on any atom is 0.107 e. The minimum absolute atomic E-state index is 0.335. The van der Waals surface area contributed by atoms with Crippen LogP contribution in [0.4, 0.5) is 5.69 Å². The highest BCUT2D eigenvalue weighted by molar-refractivity contribution is 7.80. The molecule has 0 amide bonds. The van der Waals surface area contributed by atoms with E-state index >= 15 is 0 Å². The Bertz CT molecular complexity index is 472. The Kier molecular flexibility index (Phi) is 5.64. The second-order valence-electron chi connectivity index (χ2n) is 5.37. The molecule has 110 valence electrons. The van der Waals surface area contributed by atoms with Crippen molar-refractivity contribution in [1.29, 1.82) is 0 Å². The van der Waals surface area contributed by atoms with E-state index in [1.165, 1.54) is 25.7 Å². The van der Waals surface area contributed by atoms with Crippen LogP contribution >= 0.6 is 23.8 Å². The lowest BCUT2D eigenvalue weighted by atomic mass is 10.1. The van der Waals surface area contributed by atoms with Gasteiger partial charge in [-0.2, -0.15) is 0 Å². The van der Waals surface area contributed by atoms with E-state index in [9.17, 15) is 0 Å². The largest absolute Gasteiger partial charge is 0.389 e. The van der Waals surface area contributed by atoms with Gasteiger partial charge in [-0.25, -0.2) is 0 Å². The van der Waals surface area contributed by atoms with Crippen LogP contribution in [0.1, 0.15) is 31.2 Å². The van der Waals surface area contributed by atoms with Gasteiger partial charge in [-0.05, 0) is 32.0 Å². The second kappa shape index (κ2) is 7.25. The van der Waals surface area contributed by atoms with Gasteiger partial charge in [0.25, 0.3) is 0 Å². The number of rotatable bonds is 6. The minimum atomic E-state index is 0.335. The average Bonchev–Trinajstić information content (AvgIpc) is 2.92. The fourth-order valence-electron chi connectivity index (χ4n) is 2.82. The van der Waals surface area contributed by atoms with Crippen LogP contribution < -0.4 is 11.1 Å². The van der Waals surface area contributed by atoms with Crippen LogP contribution in [-0.4, -0.2) is 36.1 Å². The highest BCUT2D eigenvalue weighted by Gasteiger charge is 2.19. The summed E-state index contributed by atoms with van der Waals surface area (Å²) in [4.78, 5) is 2.77. The van der Waals surface area contributed by atoms with Crippen LogP contribution in [0, 0.1) is 0 Å². The molecular weight excluding hydrogens is 290 g/mol. The molecular formula is C15H22ClN3S. The van der Waals surface area contributed by atoms with E-state index in [0.717, 1.165) is 30.4 Å². The topological polar surface area (TPSA) is 41.3 Å². The van der Waals surface area contributed by atoms with E-state index in [1.54, 1.807) is 0 Å². The maximum atomic E-state index is 6.15. The summed E-state index contributed by atoms with van der Waals surface area (Å²) in [5.41, 5.74) is 7.41. The molecule has 0 spiro atoms. The number of likely N-dealkylation sites (N-methyl/N-ethyl adjacent to an activating group) is 1. The fraction of sp³-hybridized carbons (Fsp3) is 0.533. The van der Waals surface area contributed by atoms with Crippen molar-refractivity contribution < 1.29 is 0 Å². The first-order valence-corrected chi connectivity index (χ1v) is 7.90. The lowest BCUT2D eigenvalue weighted by Crippen LogP contribution is -2.33. The number of anilines is 1. The summed E-state index contributed by atoms with van der Waals surface area (Å²) in [6.45, 7) is 1.87. The van der Waals surface area contributed by atoms with Crippen molar-refractivity contribution in [1.82, 2.24) is 4.90 Å². The number of halogens is 1. The van der Waals surface area contributed by atoms with E-state index in [0.29, 0.717) is 10.0 Å². The smallest absolute Gasteiger partial charge is 0.107 e. The second-order valence-corrected chi connectivity index (χ2v) is 6.22. The standard InChI is InChI=1S/C15H22ClN3S/c1-19(11-5-2-3-6-11)10-9-18-13-8-4-7-12(16)14(13)15(17)20/h4,7-8,11,18H,2-3,5-6,9-10H2,1H3,(H2,17,20). The van der Waals surface area contributed by atoms with Gasteiger partial charge in [0.05, 0.1) is 10.6 Å². The molecule has 0 heterocycles. The van der Waals surface area contributed by atoms with Gasteiger partial charge in [0, 0.05) is 24.8 Å². The van der Waals surface area contributed by atoms with E-state index in [2.05, 4.69) is 17.3 Å². The molecule has 3 N–H and O–H groups in total. The predicted octanol–water partition coefficient (Wildman–Crippen LogP) is 3.26. The van der Waals surface area contributed by atoms with Crippen molar-refractivity contribution >= 4 is 34.5 Å². The summed E-state index contributed by atoms with van der Waals surface area (Å²) in [7, 11) is 2.20. The van der Waals surface area contributed by atoms with Crippen molar-refractivity contribution in [3.63, 3.8) is 0 Å². The van der Waals surface area contributed by atoms with E-state index in [-0.39, 0.29) is 0 Å². The molecule has 3 nitrogen and oxygen atoms in total. The maximum absolute atomic E-state index is 6.15. The molecule has 1 fully saturated rings. The molecule has 0 radical (unpaired) electrons. The van der Waals surface area contributed by atoms with E-state index in [1.807, 2.05) is 18.2 Å². The number of hydrogen-bond acceptors (Lipinski definition) is 3. The Labute approximate surface area is 131 Å². The van der Waals surface area contributed by atoms with Gasteiger partial charge in [-0.15, -0.1) is 0 Å². The fourth-order valence-corrected chi connectivity index (χ4v) is 3.37. The summed E-state index contributed by atoms with van der Waals surface area (Å²) < 4.78 is 0. The van der Waals surface area contributed by atoms with Gasteiger partial charge in [0.15, 0.2) is 0 Å². The molecule has 0 unspecified atom stereocenters. The molecule has 1 aliphatic rings. The average molecular weight is 312 g/mol. The first-order chi connectivity index (χ1) is 9.59. The van der Waals surface area contributed by atoms with Crippen LogP contribution in [0.5, 0.6) is 0 Å². The van der Waals surface area contributed by atoms with Crippen LogP contribution in [-0.2, 0) is 0 Å². The highest BCUT2D eigenvalue weighted by atomic mass is 35.5. The first-order valence-electron chi connectivity index (χ1n) is 7.12. The van der Waals surface area contributed by atoms with Gasteiger partial charge in [0.1, 0.15) is 4.99 Å². The lowest BCUT2D eigenvalue weighted by molar-refractivity contribution is 0.254. The molecule has 0 aliphatic heterocycles. The highest BCUT2D eigenvalue weighted by Crippen LogP contribution is 2.25.